The van der Waals surface area contributed by atoms with Crippen LogP contribution in [-0.2, 0) is 14.4 Å². The molecule has 242 valence electrons. The Bertz CT molecular complexity index is 1200. The van der Waals surface area contributed by atoms with Crippen molar-refractivity contribution in [1.29, 1.82) is 0 Å². The van der Waals surface area contributed by atoms with Crippen LogP contribution in [0.3, 0.4) is 0 Å². The zero-order chi connectivity index (χ0) is 32.2. The second-order valence-corrected chi connectivity index (χ2v) is 14.0. The van der Waals surface area contributed by atoms with Gasteiger partial charge >= 0.3 is 0 Å². The fourth-order valence-electron chi connectivity index (χ4n) is 7.78. The van der Waals surface area contributed by atoms with Gasteiger partial charge in [0.05, 0.1) is 29.2 Å². The van der Waals surface area contributed by atoms with Gasteiger partial charge in [0, 0.05) is 49.3 Å². The molecule has 7 atom stereocenters. The predicted octanol–water partition coefficient (Wildman–Crippen LogP) is 4.97. The third-order valence-corrected chi connectivity index (χ3v) is 12.1. The number of aliphatic hydroxyl groups excluding tert-OH is 1. The van der Waals surface area contributed by atoms with Crippen molar-refractivity contribution in [1.82, 2.24) is 9.80 Å². The van der Waals surface area contributed by atoms with Crippen molar-refractivity contribution in [3.8, 4) is 0 Å². The van der Waals surface area contributed by atoms with Gasteiger partial charge in [0.1, 0.15) is 6.04 Å². The van der Waals surface area contributed by atoms with Crippen LogP contribution in [0.1, 0.15) is 60.3 Å². The van der Waals surface area contributed by atoms with Crippen LogP contribution in [0.2, 0.25) is 0 Å². The molecule has 1 N–H and O–H groups in total. The van der Waals surface area contributed by atoms with Gasteiger partial charge in [-0.05, 0) is 63.3 Å². The normalized spacial score (nSPS) is 26.7. The number of hydrogen-bond donors (Lipinski definition) is 1. The molecule has 2 bridgehead atoms. The maximum absolute atomic E-state index is 15.0. The predicted molar refractivity (Wildman–Crippen MR) is 181 cm³/mol. The summed E-state index contributed by atoms with van der Waals surface area (Å²) in [5.41, 5.74) is 1.83. The maximum atomic E-state index is 15.0. The van der Waals surface area contributed by atoms with Crippen molar-refractivity contribution in [2.24, 2.45) is 17.8 Å². The maximum Gasteiger partial charge on any atom is 0.251 e. The monoisotopic (exact) mass is 624 g/mol. The first-order chi connectivity index (χ1) is 21.2. The third kappa shape index (κ3) is 5.82. The first kappa shape index (κ1) is 34.1. The summed E-state index contributed by atoms with van der Waals surface area (Å²) < 4.78 is -0.729. The van der Waals surface area contributed by atoms with E-state index in [2.05, 4.69) is 31.9 Å². The van der Waals surface area contributed by atoms with E-state index < -0.39 is 28.7 Å². The number of hydrogen-bond acceptors (Lipinski definition) is 6. The van der Waals surface area contributed by atoms with Crippen molar-refractivity contribution in [2.75, 3.05) is 49.1 Å². The van der Waals surface area contributed by atoms with Gasteiger partial charge < -0.3 is 24.7 Å². The standard InChI is InChI=1S/C35H52N4O4S/c1-8-20-37(21-9-2)32(41)29-28-18-19-35(44-28)30(29)33(42)39(27(23-40)24(7)11-4)31(35)34(43)38(22-10-3)26-16-14-25(15-17-26)36(12-5)13-6/h8,10,14-17,24,27-31,40H,1,3,9,11-13,18-23H2,2,4-7H3/t24-,27-,28-,29+,30-,31?,35?/m0/s1. The Morgan fingerprint density at radius 1 is 1.07 bits per heavy atom. The number of amides is 3. The molecule has 1 aromatic carbocycles. The number of fused-ring (bicyclic) bond motifs is 1. The summed E-state index contributed by atoms with van der Waals surface area (Å²) in [5, 5.41) is 10.7. The van der Waals surface area contributed by atoms with Crippen LogP contribution in [0.5, 0.6) is 0 Å². The molecule has 4 rings (SSSR count). The van der Waals surface area contributed by atoms with Gasteiger partial charge in [-0.1, -0.05) is 39.3 Å². The lowest BCUT2D eigenvalue weighted by molar-refractivity contribution is -0.146. The Morgan fingerprint density at radius 3 is 2.25 bits per heavy atom. The van der Waals surface area contributed by atoms with Crippen molar-refractivity contribution in [2.45, 2.75) is 82.4 Å². The summed E-state index contributed by atoms with van der Waals surface area (Å²) >= 11 is 1.68. The number of likely N-dealkylation sites (tertiary alicyclic amines) is 1. The SMILES string of the molecule is C=CCN(CCC)C(=O)[C@@H]1[C@@H]2CCC3(S2)C(C(=O)N(CC=C)c2ccc(N(CC)CC)cc2)N([C@@H](CO)[C@@H](C)CC)C(=O)[C@H]13. The first-order valence-corrected chi connectivity index (χ1v) is 17.3. The molecule has 3 aliphatic heterocycles. The van der Waals surface area contributed by atoms with Crippen LogP contribution in [0.15, 0.2) is 49.6 Å². The number of carbonyl (C=O) groups is 3. The zero-order valence-corrected chi connectivity index (χ0v) is 28.1. The molecule has 3 fully saturated rings. The molecule has 8 nitrogen and oxygen atoms in total. The van der Waals surface area contributed by atoms with Crippen molar-refractivity contribution >= 4 is 40.9 Å². The summed E-state index contributed by atoms with van der Waals surface area (Å²) in [6.07, 6.45) is 6.48. The molecule has 3 saturated heterocycles. The van der Waals surface area contributed by atoms with E-state index in [1.54, 1.807) is 33.7 Å². The van der Waals surface area contributed by atoms with Gasteiger partial charge in [0.25, 0.3) is 5.91 Å². The molecule has 3 heterocycles. The number of rotatable bonds is 16. The Hall–Kier alpha value is -2.78. The van der Waals surface area contributed by atoms with Crippen molar-refractivity contribution < 1.29 is 19.5 Å². The average molecular weight is 625 g/mol. The van der Waals surface area contributed by atoms with Gasteiger partial charge in [-0.2, -0.15) is 0 Å². The highest BCUT2D eigenvalue weighted by Gasteiger charge is 2.74. The van der Waals surface area contributed by atoms with E-state index in [-0.39, 0.29) is 42.0 Å². The van der Waals surface area contributed by atoms with E-state index >= 15 is 0 Å². The number of nitrogens with zero attached hydrogens (tertiary/aromatic N) is 4. The summed E-state index contributed by atoms with van der Waals surface area (Å²) in [4.78, 5) is 51.3. The van der Waals surface area contributed by atoms with Crippen LogP contribution in [0, 0.1) is 17.8 Å². The Balaban J connectivity index is 1.80. The summed E-state index contributed by atoms with van der Waals surface area (Å²) in [7, 11) is 0. The fourth-order valence-corrected chi connectivity index (χ4v) is 9.98. The van der Waals surface area contributed by atoms with E-state index in [1.165, 1.54) is 0 Å². The Morgan fingerprint density at radius 2 is 1.70 bits per heavy atom. The summed E-state index contributed by atoms with van der Waals surface area (Å²) in [6, 6.07) is 6.69. The number of aliphatic hydroxyl groups is 1. The fraction of sp³-hybridized carbons (Fsp3) is 0.629. The molecule has 0 saturated carbocycles. The van der Waals surface area contributed by atoms with E-state index in [0.29, 0.717) is 19.5 Å². The van der Waals surface area contributed by atoms with Crippen LogP contribution >= 0.6 is 11.8 Å². The Kier molecular flexibility index (Phi) is 11.3. The second-order valence-electron chi connectivity index (χ2n) is 12.4. The van der Waals surface area contributed by atoms with Crippen LogP contribution in [-0.4, -0.2) is 94.0 Å². The lowest BCUT2D eigenvalue weighted by Crippen LogP contribution is -2.58. The van der Waals surface area contributed by atoms with E-state index in [4.69, 9.17) is 0 Å². The number of thioether (sulfide) groups is 1. The minimum absolute atomic E-state index is 0.0174. The molecule has 2 unspecified atom stereocenters. The van der Waals surface area contributed by atoms with E-state index in [1.807, 2.05) is 49.9 Å². The van der Waals surface area contributed by atoms with Crippen LogP contribution in [0.25, 0.3) is 0 Å². The van der Waals surface area contributed by atoms with Crippen LogP contribution < -0.4 is 9.80 Å². The molecule has 1 spiro atoms. The topological polar surface area (TPSA) is 84.4 Å². The molecular formula is C35H52N4O4S. The number of anilines is 2. The van der Waals surface area contributed by atoms with Crippen LogP contribution in [0.4, 0.5) is 11.4 Å². The molecule has 0 aliphatic carbocycles. The Labute approximate surface area is 268 Å². The second kappa shape index (κ2) is 14.5. The largest absolute Gasteiger partial charge is 0.394 e. The van der Waals surface area contributed by atoms with Gasteiger partial charge in [-0.15, -0.1) is 24.9 Å². The first-order valence-electron chi connectivity index (χ1n) is 16.5. The highest BCUT2D eigenvalue weighted by atomic mass is 32.2. The molecule has 3 amide bonds. The van der Waals surface area contributed by atoms with Gasteiger partial charge in [0.2, 0.25) is 11.8 Å². The zero-order valence-electron chi connectivity index (χ0n) is 27.3. The third-order valence-electron chi connectivity index (χ3n) is 10.1. The molecule has 1 aromatic rings. The average Bonchev–Trinajstić information content (AvgIpc) is 3.68. The minimum atomic E-state index is -0.791. The highest BCUT2D eigenvalue weighted by Crippen LogP contribution is 2.67. The minimum Gasteiger partial charge on any atom is -0.394 e. The van der Waals surface area contributed by atoms with Crippen molar-refractivity contribution in [3.05, 3.63) is 49.6 Å². The number of carbonyl (C=O) groups excluding carboxylic acids is 3. The summed E-state index contributed by atoms with van der Waals surface area (Å²) in [6.45, 7) is 21.0. The van der Waals surface area contributed by atoms with Gasteiger partial charge in [-0.3, -0.25) is 14.4 Å². The molecule has 0 radical (unpaired) electrons. The highest BCUT2D eigenvalue weighted by molar-refractivity contribution is 8.02. The van der Waals surface area contributed by atoms with E-state index in [0.717, 1.165) is 43.7 Å². The molecule has 3 aliphatic rings. The molecule has 44 heavy (non-hydrogen) atoms. The van der Waals surface area contributed by atoms with Gasteiger partial charge in [0.15, 0.2) is 0 Å². The number of benzene rings is 1. The summed E-state index contributed by atoms with van der Waals surface area (Å²) in [5.74, 6) is -1.48. The van der Waals surface area contributed by atoms with Gasteiger partial charge in [-0.25, -0.2) is 0 Å². The molecule has 0 aromatic heterocycles. The lowest BCUT2D eigenvalue weighted by Gasteiger charge is -2.41. The molecule has 9 heteroatoms. The lowest BCUT2D eigenvalue weighted by atomic mass is 9.70. The smallest absolute Gasteiger partial charge is 0.251 e. The van der Waals surface area contributed by atoms with E-state index in [9.17, 15) is 19.5 Å². The molecular weight excluding hydrogens is 572 g/mol. The van der Waals surface area contributed by atoms with Crippen molar-refractivity contribution in [3.63, 3.8) is 0 Å². The quantitative estimate of drug-likeness (QED) is 0.262.